The van der Waals surface area contributed by atoms with E-state index in [0.29, 0.717) is 12.4 Å². The molecule has 1 aromatic carbocycles. The highest BCUT2D eigenvalue weighted by atomic mass is 19.1. The zero-order valence-electron chi connectivity index (χ0n) is 5.93. The van der Waals surface area contributed by atoms with Crippen LogP contribution in [-0.4, -0.2) is 6.61 Å². The fourth-order valence-electron chi connectivity index (χ4n) is 1.22. The average Bonchev–Trinajstić information content (AvgIpc) is 2.36. The lowest BCUT2D eigenvalue weighted by Gasteiger charge is -2.00. The molecule has 0 saturated heterocycles. The quantitative estimate of drug-likeness (QED) is 0.571. The number of hydrogen-bond donors (Lipinski definition) is 1. The Morgan fingerprint density at radius 3 is 3.09 bits per heavy atom. The van der Waals surface area contributed by atoms with Crippen LogP contribution in [0.3, 0.4) is 0 Å². The van der Waals surface area contributed by atoms with E-state index in [4.69, 9.17) is 10.5 Å². The number of ether oxygens (including phenoxy) is 1. The molecule has 0 fully saturated rings. The molecular formula is C8H8FNO. The molecule has 0 unspecified atom stereocenters. The molecule has 1 aromatic rings. The van der Waals surface area contributed by atoms with Crippen molar-refractivity contribution in [1.29, 1.82) is 0 Å². The lowest BCUT2D eigenvalue weighted by molar-refractivity contribution is 0.355. The lowest BCUT2D eigenvalue weighted by Crippen LogP contribution is -1.91. The molecule has 11 heavy (non-hydrogen) atoms. The second kappa shape index (κ2) is 2.12. The van der Waals surface area contributed by atoms with E-state index in [2.05, 4.69) is 0 Å². The molecule has 1 aliphatic rings. The van der Waals surface area contributed by atoms with Crippen LogP contribution in [0.4, 0.5) is 10.1 Å². The molecule has 0 aromatic heterocycles. The van der Waals surface area contributed by atoms with Crippen LogP contribution in [0, 0.1) is 5.82 Å². The third-order valence-corrected chi connectivity index (χ3v) is 1.81. The Morgan fingerprint density at radius 1 is 1.45 bits per heavy atom. The fraction of sp³-hybridized carbons (Fsp3) is 0.250. The molecule has 1 heterocycles. The van der Waals surface area contributed by atoms with E-state index in [1.807, 2.05) is 0 Å². The Balaban J connectivity index is 2.57. The van der Waals surface area contributed by atoms with Crippen LogP contribution in [0.2, 0.25) is 0 Å². The topological polar surface area (TPSA) is 35.2 Å². The summed E-state index contributed by atoms with van der Waals surface area (Å²) in [7, 11) is 0. The van der Waals surface area contributed by atoms with Crippen LogP contribution in [0.15, 0.2) is 12.1 Å². The molecule has 2 nitrogen and oxygen atoms in total. The van der Waals surface area contributed by atoms with E-state index in [-0.39, 0.29) is 5.69 Å². The highest BCUT2D eigenvalue weighted by molar-refractivity contribution is 5.50. The van der Waals surface area contributed by atoms with Crippen molar-refractivity contribution in [3.8, 4) is 5.75 Å². The van der Waals surface area contributed by atoms with Crippen LogP contribution in [-0.2, 0) is 6.42 Å². The molecule has 0 atom stereocenters. The Morgan fingerprint density at radius 2 is 2.27 bits per heavy atom. The van der Waals surface area contributed by atoms with Gasteiger partial charge in [0.05, 0.1) is 12.3 Å². The predicted octanol–water partition coefficient (Wildman–Crippen LogP) is 1.34. The van der Waals surface area contributed by atoms with Gasteiger partial charge in [0.2, 0.25) is 0 Å². The fourth-order valence-corrected chi connectivity index (χ4v) is 1.22. The maximum absolute atomic E-state index is 12.8. The normalized spacial score (nSPS) is 14.3. The SMILES string of the molecule is Nc1cc2c(cc1F)OCC2. The first-order chi connectivity index (χ1) is 5.27. The first-order valence-electron chi connectivity index (χ1n) is 3.48. The standard InChI is InChI=1S/C8H8FNO/c9-6-4-8-5(1-2-11-8)3-7(6)10/h3-4H,1-2,10H2. The Kier molecular flexibility index (Phi) is 1.24. The Hall–Kier alpha value is -1.25. The number of rotatable bonds is 0. The van der Waals surface area contributed by atoms with Crippen LogP contribution < -0.4 is 10.5 Å². The van der Waals surface area contributed by atoms with E-state index in [1.54, 1.807) is 6.07 Å². The van der Waals surface area contributed by atoms with Crippen molar-refractivity contribution in [2.75, 3.05) is 12.3 Å². The van der Waals surface area contributed by atoms with Gasteiger partial charge in [-0.3, -0.25) is 0 Å². The van der Waals surface area contributed by atoms with Crippen LogP contribution in [0.25, 0.3) is 0 Å². The van der Waals surface area contributed by atoms with Gasteiger partial charge in [0.25, 0.3) is 0 Å². The second-order valence-electron chi connectivity index (χ2n) is 2.58. The summed E-state index contributed by atoms with van der Waals surface area (Å²) in [5.74, 6) is 0.238. The van der Waals surface area contributed by atoms with Gasteiger partial charge in [-0.25, -0.2) is 4.39 Å². The predicted molar refractivity (Wildman–Crippen MR) is 40.0 cm³/mol. The van der Waals surface area contributed by atoms with Crippen molar-refractivity contribution in [2.45, 2.75) is 6.42 Å². The molecule has 3 heteroatoms. The molecule has 0 spiro atoms. The van der Waals surface area contributed by atoms with Gasteiger partial charge in [-0.1, -0.05) is 0 Å². The number of fused-ring (bicyclic) bond motifs is 1. The zero-order valence-corrected chi connectivity index (χ0v) is 5.93. The minimum absolute atomic E-state index is 0.203. The van der Waals surface area contributed by atoms with Crippen molar-refractivity contribution >= 4 is 5.69 Å². The number of nitrogen functional groups attached to an aromatic ring is 1. The molecule has 0 saturated carbocycles. The van der Waals surface area contributed by atoms with Gasteiger partial charge in [0, 0.05) is 12.5 Å². The minimum atomic E-state index is -0.398. The van der Waals surface area contributed by atoms with Crippen LogP contribution in [0.1, 0.15) is 5.56 Å². The Bertz CT molecular complexity index is 269. The minimum Gasteiger partial charge on any atom is -0.493 e. The highest BCUT2D eigenvalue weighted by Crippen LogP contribution is 2.28. The van der Waals surface area contributed by atoms with E-state index in [0.717, 1.165) is 12.0 Å². The van der Waals surface area contributed by atoms with Crippen LogP contribution >= 0.6 is 0 Å². The van der Waals surface area contributed by atoms with E-state index >= 15 is 0 Å². The van der Waals surface area contributed by atoms with Gasteiger partial charge in [-0.05, 0) is 11.6 Å². The summed E-state index contributed by atoms with van der Waals surface area (Å²) in [6, 6.07) is 2.98. The summed E-state index contributed by atoms with van der Waals surface area (Å²) < 4.78 is 17.9. The van der Waals surface area contributed by atoms with Gasteiger partial charge < -0.3 is 10.5 Å². The first kappa shape index (κ1) is 6.46. The largest absolute Gasteiger partial charge is 0.493 e. The molecular weight excluding hydrogens is 145 g/mol. The summed E-state index contributed by atoms with van der Waals surface area (Å²) in [5.41, 5.74) is 6.57. The molecule has 0 radical (unpaired) electrons. The van der Waals surface area contributed by atoms with Crippen molar-refractivity contribution < 1.29 is 9.13 Å². The third-order valence-electron chi connectivity index (χ3n) is 1.81. The summed E-state index contributed by atoms with van der Waals surface area (Å²) in [4.78, 5) is 0. The van der Waals surface area contributed by atoms with E-state index in [1.165, 1.54) is 6.07 Å². The van der Waals surface area contributed by atoms with Gasteiger partial charge in [-0.15, -0.1) is 0 Å². The first-order valence-corrected chi connectivity index (χ1v) is 3.48. The zero-order chi connectivity index (χ0) is 7.84. The highest BCUT2D eigenvalue weighted by Gasteiger charge is 2.14. The molecule has 2 N–H and O–H groups in total. The average molecular weight is 153 g/mol. The number of benzene rings is 1. The molecule has 1 aliphatic heterocycles. The van der Waals surface area contributed by atoms with Gasteiger partial charge >= 0.3 is 0 Å². The van der Waals surface area contributed by atoms with Crippen molar-refractivity contribution in [3.63, 3.8) is 0 Å². The number of hydrogen-bond acceptors (Lipinski definition) is 2. The lowest BCUT2D eigenvalue weighted by atomic mass is 10.1. The smallest absolute Gasteiger partial charge is 0.149 e. The summed E-state index contributed by atoms with van der Waals surface area (Å²) in [6.45, 7) is 0.637. The third kappa shape index (κ3) is 0.926. The van der Waals surface area contributed by atoms with Crippen molar-refractivity contribution in [1.82, 2.24) is 0 Å². The molecule has 0 bridgehead atoms. The number of nitrogens with two attached hydrogens (primary N) is 1. The molecule has 2 rings (SSSR count). The summed E-state index contributed by atoms with van der Waals surface area (Å²) in [6.07, 6.45) is 0.833. The van der Waals surface area contributed by atoms with Crippen molar-refractivity contribution in [2.24, 2.45) is 0 Å². The van der Waals surface area contributed by atoms with Gasteiger partial charge in [-0.2, -0.15) is 0 Å². The van der Waals surface area contributed by atoms with Gasteiger partial charge in [0.15, 0.2) is 0 Å². The summed E-state index contributed by atoms with van der Waals surface area (Å²) in [5, 5.41) is 0. The molecule has 58 valence electrons. The molecule has 0 amide bonds. The van der Waals surface area contributed by atoms with E-state index in [9.17, 15) is 4.39 Å². The van der Waals surface area contributed by atoms with Crippen LogP contribution in [0.5, 0.6) is 5.75 Å². The van der Waals surface area contributed by atoms with E-state index < -0.39 is 5.82 Å². The van der Waals surface area contributed by atoms with Crippen molar-refractivity contribution in [3.05, 3.63) is 23.5 Å². The second-order valence-corrected chi connectivity index (χ2v) is 2.58. The Labute approximate surface area is 63.8 Å². The number of halogens is 1. The van der Waals surface area contributed by atoms with Gasteiger partial charge in [0.1, 0.15) is 11.6 Å². The molecule has 0 aliphatic carbocycles. The number of anilines is 1. The summed E-state index contributed by atoms with van der Waals surface area (Å²) >= 11 is 0. The maximum Gasteiger partial charge on any atom is 0.149 e. The maximum atomic E-state index is 12.8. The monoisotopic (exact) mass is 153 g/mol.